The summed E-state index contributed by atoms with van der Waals surface area (Å²) in [6.07, 6.45) is 0.914. The van der Waals surface area contributed by atoms with E-state index in [0.717, 1.165) is 5.56 Å². The number of carbonyl (C=O) groups excluding carboxylic acids is 2. The number of aliphatic carboxylic acids is 1. The van der Waals surface area contributed by atoms with Crippen molar-refractivity contribution in [3.63, 3.8) is 0 Å². The molecular weight excluding hydrogens is 396 g/mol. The Hall–Kier alpha value is -2.79. The number of carboxylic acids is 1. The van der Waals surface area contributed by atoms with Gasteiger partial charge in [0.05, 0.1) is 6.04 Å². The van der Waals surface area contributed by atoms with E-state index >= 15 is 0 Å². The molecule has 0 aliphatic heterocycles. The van der Waals surface area contributed by atoms with Gasteiger partial charge in [-0.2, -0.15) is 12.6 Å². The molecule has 29 heavy (non-hydrogen) atoms. The summed E-state index contributed by atoms with van der Waals surface area (Å²) in [5.74, 6) is -2.43. The number of carbonyl (C=O) groups is 3. The van der Waals surface area contributed by atoms with Gasteiger partial charge in [-0.05, 0) is 18.4 Å². The van der Waals surface area contributed by atoms with E-state index in [1.165, 1.54) is 0 Å². The number of aliphatic imine (C=N–C) groups is 1. The van der Waals surface area contributed by atoms with Crippen molar-refractivity contribution in [2.75, 3.05) is 12.3 Å². The quantitative estimate of drug-likeness (QED) is 0.0929. The first-order chi connectivity index (χ1) is 13.7. The predicted molar refractivity (Wildman–Crippen MR) is 113 cm³/mol. The van der Waals surface area contributed by atoms with E-state index in [4.69, 9.17) is 17.2 Å². The summed E-state index contributed by atoms with van der Waals surface area (Å²) >= 11 is 4.07. The highest BCUT2D eigenvalue weighted by atomic mass is 32.1. The number of nitrogens with two attached hydrogens (primary N) is 3. The van der Waals surface area contributed by atoms with E-state index in [2.05, 4.69) is 28.3 Å². The highest BCUT2D eigenvalue weighted by Gasteiger charge is 2.27. The van der Waals surface area contributed by atoms with Crippen molar-refractivity contribution in [2.24, 2.45) is 22.2 Å². The molecule has 0 bridgehead atoms. The minimum Gasteiger partial charge on any atom is -0.480 e. The fraction of sp³-hybridized carbons (Fsp3) is 0.444. The molecule has 0 saturated heterocycles. The Bertz CT molecular complexity index is 712. The molecule has 10 nitrogen and oxygen atoms in total. The molecule has 0 aliphatic carbocycles. The zero-order valence-electron chi connectivity index (χ0n) is 16.0. The molecule has 0 aliphatic rings. The SMILES string of the molecule is NC(N)=NCCCC(N)C(=O)NC(CS)C(=O)NC(Cc1ccccc1)C(=O)O. The van der Waals surface area contributed by atoms with Crippen molar-refractivity contribution in [1.82, 2.24) is 10.6 Å². The van der Waals surface area contributed by atoms with Gasteiger partial charge in [0.2, 0.25) is 11.8 Å². The highest BCUT2D eigenvalue weighted by molar-refractivity contribution is 7.80. The van der Waals surface area contributed by atoms with Crippen LogP contribution in [0.3, 0.4) is 0 Å². The zero-order valence-corrected chi connectivity index (χ0v) is 16.8. The van der Waals surface area contributed by atoms with Gasteiger partial charge in [-0.1, -0.05) is 30.3 Å². The lowest BCUT2D eigenvalue weighted by Gasteiger charge is -2.21. The highest BCUT2D eigenvalue weighted by Crippen LogP contribution is 2.04. The number of hydrogen-bond donors (Lipinski definition) is 7. The summed E-state index contributed by atoms with van der Waals surface area (Å²) in [5, 5.41) is 14.3. The number of amides is 2. The molecule has 1 aromatic carbocycles. The van der Waals surface area contributed by atoms with E-state index in [0.29, 0.717) is 19.4 Å². The Morgan fingerprint density at radius 3 is 2.24 bits per heavy atom. The second-order valence-corrected chi connectivity index (χ2v) is 6.75. The van der Waals surface area contributed by atoms with E-state index in [1.54, 1.807) is 24.3 Å². The van der Waals surface area contributed by atoms with Crippen molar-refractivity contribution in [3.05, 3.63) is 35.9 Å². The van der Waals surface area contributed by atoms with Crippen LogP contribution in [-0.2, 0) is 20.8 Å². The lowest BCUT2D eigenvalue weighted by molar-refractivity contribution is -0.142. The van der Waals surface area contributed by atoms with Crippen molar-refractivity contribution in [3.8, 4) is 0 Å². The van der Waals surface area contributed by atoms with Crippen molar-refractivity contribution < 1.29 is 19.5 Å². The van der Waals surface area contributed by atoms with Gasteiger partial charge in [0.25, 0.3) is 0 Å². The summed E-state index contributed by atoms with van der Waals surface area (Å²) in [6.45, 7) is 0.333. The lowest BCUT2D eigenvalue weighted by Crippen LogP contribution is -2.55. The van der Waals surface area contributed by atoms with Crippen LogP contribution < -0.4 is 27.8 Å². The first-order valence-electron chi connectivity index (χ1n) is 9.04. The molecule has 2 amide bonds. The predicted octanol–water partition coefficient (Wildman–Crippen LogP) is -1.41. The molecule has 0 radical (unpaired) electrons. The Morgan fingerprint density at radius 1 is 1.07 bits per heavy atom. The zero-order chi connectivity index (χ0) is 21.8. The van der Waals surface area contributed by atoms with Crippen molar-refractivity contribution in [2.45, 2.75) is 37.4 Å². The number of nitrogens with zero attached hydrogens (tertiary/aromatic N) is 1. The maximum absolute atomic E-state index is 12.4. The van der Waals surface area contributed by atoms with Crippen LogP contribution in [0.4, 0.5) is 0 Å². The van der Waals surface area contributed by atoms with Gasteiger partial charge in [-0.3, -0.25) is 14.6 Å². The Balaban J connectivity index is 2.61. The van der Waals surface area contributed by atoms with E-state index in [1.807, 2.05) is 6.07 Å². The minimum absolute atomic E-state index is 0.0179. The second-order valence-electron chi connectivity index (χ2n) is 6.39. The summed E-state index contributed by atoms with van der Waals surface area (Å²) in [5.41, 5.74) is 17.0. The van der Waals surface area contributed by atoms with Crippen molar-refractivity contribution >= 4 is 36.4 Å². The Morgan fingerprint density at radius 2 is 1.69 bits per heavy atom. The van der Waals surface area contributed by atoms with Gasteiger partial charge in [-0.25, -0.2) is 4.79 Å². The average molecular weight is 425 g/mol. The number of rotatable bonds is 12. The van der Waals surface area contributed by atoms with Crippen LogP contribution >= 0.6 is 12.6 Å². The van der Waals surface area contributed by atoms with Crippen LogP contribution in [0, 0.1) is 0 Å². The summed E-state index contributed by atoms with van der Waals surface area (Å²) in [4.78, 5) is 40.0. The molecule has 0 fully saturated rings. The first kappa shape index (κ1) is 24.2. The number of nitrogens with one attached hydrogen (secondary N) is 2. The van der Waals surface area contributed by atoms with Gasteiger partial charge in [0.1, 0.15) is 12.1 Å². The van der Waals surface area contributed by atoms with Crippen LogP contribution in [0.15, 0.2) is 35.3 Å². The topological polar surface area (TPSA) is 186 Å². The smallest absolute Gasteiger partial charge is 0.326 e. The fourth-order valence-electron chi connectivity index (χ4n) is 2.45. The second kappa shape index (κ2) is 12.6. The largest absolute Gasteiger partial charge is 0.480 e. The summed E-state index contributed by atoms with van der Waals surface area (Å²) in [6, 6.07) is 5.87. The minimum atomic E-state index is -1.18. The van der Waals surface area contributed by atoms with Gasteiger partial charge in [0.15, 0.2) is 5.96 Å². The molecule has 0 heterocycles. The number of guanidine groups is 1. The average Bonchev–Trinajstić information content (AvgIpc) is 2.68. The van der Waals surface area contributed by atoms with Gasteiger partial charge >= 0.3 is 5.97 Å². The molecule has 0 aromatic heterocycles. The Labute approximate surface area is 174 Å². The van der Waals surface area contributed by atoms with Crippen LogP contribution in [0.5, 0.6) is 0 Å². The maximum atomic E-state index is 12.4. The van der Waals surface area contributed by atoms with Crippen LogP contribution in [0.2, 0.25) is 0 Å². The Kier molecular flexibility index (Phi) is 10.6. The number of benzene rings is 1. The van der Waals surface area contributed by atoms with Gasteiger partial charge < -0.3 is 32.9 Å². The van der Waals surface area contributed by atoms with Crippen LogP contribution in [-0.4, -0.2) is 59.3 Å². The molecule has 3 unspecified atom stereocenters. The molecule has 3 atom stereocenters. The summed E-state index contributed by atoms with van der Waals surface area (Å²) in [7, 11) is 0. The normalized spacial score (nSPS) is 13.6. The third kappa shape index (κ3) is 9.30. The lowest BCUT2D eigenvalue weighted by atomic mass is 10.1. The standard InChI is InChI=1S/C18H28N6O4S/c19-12(7-4-8-22-18(20)21)15(25)24-14(10-29)16(26)23-13(17(27)28)9-11-5-2-1-3-6-11/h1-3,5-6,12-14,29H,4,7-10,19H2,(H,23,26)(H,24,25)(H,27,28)(H4,20,21,22). The van der Waals surface area contributed by atoms with E-state index in [9.17, 15) is 19.5 Å². The molecule has 9 N–H and O–H groups in total. The molecule has 1 aromatic rings. The monoisotopic (exact) mass is 424 g/mol. The molecular formula is C18H28N6O4S. The number of hydrogen-bond acceptors (Lipinski definition) is 6. The number of thiol groups is 1. The first-order valence-corrected chi connectivity index (χ1v) is 9.67. The van der Waals surface area contributed by atoms with Gasteiger partial charge in [-0.15, -0.1) is 0 Å². The maximum Gasteiger partial charge on any atom is 0.326 e. The fourth-order valence-corrected chi connectivity index (χ4v) is 2.70. The van der Waals surface area contributed by atoms with E-state index < -0.39 is 35.9 Å². The molecule has 0 spiro atoms. The van der Waals surface area contributed by atoms with Crippen molar-refractivity contribution in [1.29, 1.82) is 0 Å². The third-order valence-electron chi connectivity index (χ3n) is 4.02. The molecule has 11 heteroatoms. The van der Waals surface area contributed by atoms with Gasteiger partial charge in [0, 0.05) is 18.7 Å². The molecule has 160 valence electrons. The summed E-state index contributed by atoms with van der Waals surface area (Å²) < 4.78 is 0. The van der Waals surface area contributed by atoms with Crippen LogP contribution in [0.25, 0.3) is 0 Å². The number of carboxylic acid groups (broad SMARTS) is 1. The third-order valence-corrected chi connectivity index (χ3v) is 4.38. The van der Waals surface area contributed by atoms with Crippen LogP contribution in [0.1, 0.15) is 18.4 Å². The molecule has 0 saturated carbocycles. The van der Waals surface area contributed by atoms with E-state index in [-0.39, 0.29) is 18.1 Å². The molecule has 1 rings (SSSR count).